The molecule has 1 fully saturated rings. The van der Waals surface area contributed by atoms with E-state index in [-0.39, 0.29) is 16.8 Å². The molecule has 25 heavy (non-hydrogen) atoms. The Hall–Kier alpha value is -1.80. The van der Waals surface area contributed by atoms with Gasteiger partial charge in [-0.15, -0.1) is 0 Å². The molecule has 0 amide bonds. The molecule has 140 valence electrons. The van der Waals surface area contributed by atoms with Crippen molar-refractivity contribution in [3.8, 4) is 11.5 Å². The first-order valence-electron chi connectivity index (χ1n) is 8.24. The first kappa shape index (κ1) is 19.5. The van der Waals surface area contributed by atoms with Crippen molar-refractivity contribution in [3.05, 3.63) is 17.7 Å². The summed E-state index contributed by atoms with van der Waals surface area (Å²) < 4.78 is 42.9. The number of hydrogen-bond donors (Lipinski definition) is 0. The Morgan fingerprint density at radius 1 is 1.16 bits per heavy atom. The van der Waals surface area contributed by atoms with Crippen LogP contribution in [0.2, 0.25) is 0 Å². The van der Waals surface area contributed by atoms with Gasteiger partial charge in [-0.2, -0.15) is 4.31 Å². The summed E-state index contributed by atoms with van der Waals surface area (Å²) in [5, 5.41) is 0. The van der Waals surface area contributed by atoms with Crippen molar-refractivity contribution in [3.63, 3.8) is 0 Å². The molecule has 2 rings (SSSR count). The Balaban J connectivity index is 2.22. The molecule has 0 radical (unpaired) electrons. The van der Waals surface area contributed by atoms with Crippen LogP contribution in [-0.2, 0) is 19.6 Å². The number of ether oxygens (including phenoxy) is 3. The second kappa shape index (κ2) is 8.05. The van der Waals surface area contributed by atoms with E-state index in [4.69, 9.17) is 14.2 Å². The number of methoxy groups -OCH3 is 2. The highest BCUT2D eigenvalue weighted by atomic mass is 32.2. The maximum Gasteiger partial charge on any atom is 0.309 e. The van der Waals surface area contributed by atoms with E-state index in [0.717, 1.165) is 0 Å². The summed E-state index contributed by atoms with van der Waals surface area (Å²) in [5.41, 5.74) is 0.588. The van der Waals surface area contributed by atoms with E-state index < -0.39 is 10.0 Å². The largest absolute Gasteiger partial charge is 0.493 e. The Kier molecular flexibility index (Phi) is 6.29. The van der Waals surface area contributed by atoms with Crippen LogP contribution < -0.4 is 9.47 Å². The van der Waals surface area contributed by atoms with Crippen molar-refractivity contribution in [2.45, 2.75) is 31.6 Å². The first-order chi connectivity index (χ1) is 11.8. The van der Waals surface area contributed by atoms with Gasteiger partial charge in [-0.25, -0.2) is 8.42 Å². The SMILES string of the molecule is CCOC(=O)C1CCN(S(=O)(=O)c2cc(OC)c(OC)cc2C)CC1. The summed E-state index contributed by atoms with van der Waals surface area (Å²) >= 11 is 0. The first-order valence-corrected chi connectivity index (χ1v) is 9.68. The zero-order valence-corrected chi connectivity index (χ0v) is 15.9. The van der Waals surface area contributed by atoms with Crippen molar-refractivity contribution in [2.24, 2.45) is 5.92 Å². The molecule has 0 aliphatic carbocycles. The molecule has 0 saturated carbocycles. The number of benzene rings is 1. The average molecular weight is 371 g/mol. The lowest BCUT2D eigenvalue weighted by molar-refractivity contribution is -0.149. The van der Waals surface area contributed by atoms with Gasteiger partial charge in [0.25, 0.3) is 0 Å². The minimum absolute atomic E-state index is 0.194. The molecule has 1 aromatic rings. The van der Waals surface area contributed by atoms with Gasteiger partial charge in [0.15, 0.2) is 11.5 Å². The van der Waals surface area contributed by atoms with E-state index in [9.17, 15) is 13.2 Å². The van der Waals surface area contributed by atoms with E-state index in [1.807, 2.05) is 0 Å². The monoisotopic (exact) mass is 371 g/mol. The molecule has 1 aliphatic rings. The van der Waals surface area contributed by atoms with Crippen LogP contribution in [0.3, 0.4) is 0 Å². The van der Waals surface area contributed by atoms with Gasteiger partial charge in [0.05, 0.1) is 31.6 Å². The van der Waals surface area contributed by atoms with Gasteiger partial charge in [-0.3, -0.25) is 4.79 Å². The fourth-order valence-corrected chi connectivity index (χ4v) is 4.66. The predicted molar refractivity (Wildman–Crippen MR) is 92.4 cm³/mol. The molecular weight excluding hydrogens is 346 g/mol. The molecule has 1 aromatic carbocycles. The van der Waals surface area contributed by atoms with E-state index >= 15 is 0 Å². The summed E-state index contributed by atoms with van der Waals surface area (Å²) in [4.78, 5) is 12.0. The predicted octanol–water partition coefficient (Wildman–Crippen LogP) is 1.98. The van der Waals surface area contributed by atoms with Crippen LogP contribution in [0.1, 0.15) is 25.3 Å². The van der Waals surface area contributed by atoms with Crippen molar-refractivity contribution >= 4 is 16.0 Å². The van der Waals surface area contributed by atoms with Crippen molar-refractivity contribution < 1.29 is 27.4 Å². The van der Waals surface area contributed by atoms with Gasteiger partial charge >= 0.3 is 5.97 Å². The summed E-state index contributed by atoms with van der Waals surface area (Å²) in [6.45, 7) is 4.40. The second-order valence-corrected chi connectivity index (χ2v) is 7.81. The molecule has 0 aromatic heterocycles. The fourth-order valence-electron chi connectivity index (χ4n) is 2.97. The maximum atomic E-state index is 13.0. The Labute approximate surface area is 148 Å². The number of carbonyl (C=O) groups is 1. The van der Waals surface area contributed by atoms with Crippen LogP contribution in [0, 0.1) is 12.8 Å². The Morgan fingerprint density at radius 3 is 2.24 bits per heavy atom. The maximum absolute atomic E-state index is 13.0. The zero-order chi connectivity index (χ0) is 18.6. The number of esters is 1. The number of piperidine rings is 1. The Morgan fingerprint density at radius 2 is 1.72 bits per heavy atom. The third-order valence-corrected chi connectivity index (χ3v) is 6.41. The summed E-state index contributed by atoms with van der Waals surface area (Å²) in [6, 6.07) is 3.14. The zero-order valence-electron chi connectivity index (χ0n) is 15.1. The quantitative estimate of drug-likeness (QED) is 0.711. The Bertz CT molecular complexity index is 723. The van der Waals surface area contributed by atoms with Crippen LogP contribution in [0.5, 0.6) is 11.5 Å². The highest BCUT2D eigenvalue weighted by molar-refractivity contribution is 7.89. The average Bonchev–Trinajstić information content (AvgIpc) is 2.61. The van der Waals surface area contributed by atoms with Gasteiger partial charge in [-0.1, -0.05) is 0 Å². The lowest BCUT2D eigenvalue weighted by Crippen LogP contribution is -2.40. The number of nitrogens with zero attached hydrogens (tertiary/aromatic N) is 1. The minimum atomic E-state index is -3.67. The van der Waals surface area contributed by atoms with Crippen molar-refractivity contribution in [2.75, 3.05) is 33.9 Å². The van der Waals surface area contributed by atoms with Crippen molar-refractivity contribution in [1.82, 2.24) is 4.31 Å². The molecule has 7 nitrogen and oxygen atoms in total. The molecule has 0 N–H and O–H groups in total. The lowest BCUT2D eigenvalue weighted by atomic mass is 9.98. The smallest absolute Gasteiger partial charge is 0.309 e. The number of rotatable bonds is 6. The fraction of sp³-hybridized carbons (Fsp3) is 0.588. The second-order valence-electron chi connectivity index (χ2n) is 5.90. The van der Waals surface area contributed by atoms with E-state index in [2.05, 4.69) is 0 Å². The molecular formula is C17H25NO6S. The minimum Gasteiger partial charge on any atom is -0.493 e. The van der Waals surface area contributed by atoms with Crippen LogP contribution in [0.4, 0.5) is 0 Å². The number of aryl methyl sites for hydroxylation is 1. The van der Waals surface area contributed by atoms with Gasteiger partial charge in [-0.05, 0) is 38.3 Å². The standard InChI is InChI=1S/C17H25NO6S/c1-5-24-17(19)13-6-8-18(9-7-13)25(20,21)16-11-15(23-4)14(22-3)10-12(16)2/h10-11,13H,5-9H2,1-4H3. The number of sulfonamides is 1. The molecule has 1 heterocycles. The topological polar surface area (TPSA) is 82.1 Å². The molecule has 0 spiro atoms. The third-order valence-electron chi connectivity index (χ3n) is 4.37. The number of carbonyl (C=O) groups excluding carboxylic acids is 1. The van der Waals surface area contributed by atoms with Gasteiger partial charge in [0, 0.05) is 19.2 Å². The van der Waals surface area contributed by atoms with Crippen LogP contribution in [0.25, 0.3) is 0 Å². The molecule has 0 unspecified atom stereocenters. The van der Waals surface area contributed by atoms with Gasteiger partial charge < -0.3 is 14.2 Å². The van der Waals surface area contributed by atoms with Gasteiger partial charge in [0.2, 0.25) is 10.0 Å². The molecule has 1 saturated heterocycles. The van der Waals surface area contributed by atoms with Crippen LogP contribution in [-0.4, -0.2) is 52.6 Å². The highest BCUT2D eigenvalue weighted by Gasteiger charge is 2.34. The van der Waals surface area contributed by atoms with Crippen molar-refractivity contribution in [1.29, 1.82) is 0 Å². The van der Waals surface area contributed by atoms with Gasteiger partial charge in [0.1, 0.15) is 0 Å². The highest BCUT2D eigenvalue weighted by Crippen LogP contribution is 2.34. The summed E-state index contributed by atoms with van der Waals surface area (Å²) in [5.74, 6) is 0.368. The van der Waals surface area contributed by atoms with E-state index in [1.54, 1.807) is 19.9 Å². The van der Waals surface area contributed by atoms with Crippen LogP contribution >= 0.6 is 0 Å². The number of hydrogen-bond acceptors (Lipinski definition) is 6. The molecule has 1 aliphatic heterocycles. The van der Waals surface area contributed by atoms with E-state index in [0.29, 0.717) is 49.6 Å². The normalized spacial score (nSPS) is 16.5. The summed E-state index contributed by atoms with van der Waals surface area (Å²) in [7, 11) is -0.694. The molecule has 0 atom stereocenters. The molecule has 8 heteroatoms. The molecule has 0 bridgehead atoms. The van der Waals surface area contributed by atoms with Crippen LogP contribution in [0.15, 0.2) is 17.0 Å². The summed E-state index contributed by atoms with van der Waals surface area (Å²) in [6.07, 6.45) is 0.925. The third kappa shape index (κ3) is 4.07. The van der Waals surface area contributed by atoms with E-state index in [1.165, 1.54) is 24.6 Å². The lowest BCUT2D eigenvalue weighted by Gasteiger charge is -2.30.